The van der Waals surface area contributed by atoms with Gasteiger partial charge in [-0.1, -0.05) is 11.6 Å². The molecule has 4 rings (SSSR count). The number of halogens is 1. The smallest absolute Gasteiger partial charge is 0.322 e. The zero-order chi connectivity index (χ0) is 21.1. The molecule has 0 bridgehead atoms. The van der Waals surface area contributed by atoms with Crippen molar-refractivity contribution in [2.45, 2.75) is 18.6 Å². The molecular weight excluding hydrogens is 406 g/mol. The molecule has 1 aromatic heterocycles. The maximum Gasteiger partial charge on any atom is 0.322 e. The lowest BCUT2D eigenvalue weighted by molar-refractivity contribution is -0.135. The van der Waals surface area contributed by atoms with Crippen molar-refractivity contribution in [3.05, 3.63) is 53.8 Å². The van der Waals surface area contributed by atoms with Gasteiger partial charge in [-0.2, -0.15) is 0 Å². The summed E-state index contributed by atoms with van der Waals surface area (Å²) < 4.78 is 0. The SMILES string of the molecule is O=C([C@H]1C[C@@H](O)CN1C(=O)Nc1ccc(Cl)cc1)N1CCN(c2ccncc2)CC1. The van der Waals surface area contributed by atoms with E-state index in [-0.39, 0.29) is 18.9 Å². The Bertz CT molecular complexity index is 887. The minimum Gasteiger partial charge on any atom is -0.391 e. The van der Waals surface area contributed by atoms with Gasteiger partial charge < -0.3 is 25.1 Å². The summed E-state index contributed by atoms with van der Waals surface area (Å²) in [7, 11) is 0. The number of piperazine rings is 1. The molecule has 0 radical (unpaired) electrons. The van der Waals surface area contributed by atoms with Gasteiger partial charge in [0.25, 0.3) is 0 Å². The van der Waals surface area contributed by atoms with Gasteiger partial charge in [0.05, 0.1) is 6.10 Å². The van der Waals surface area contributed by atoms with Crippen molar-refractivity contribution < 1.29 is 14.7 Å². The van der Waals surface area contributed by atoms with Crippen molar-refractivity contribution in [1.82, 2.24) is 14.8 Å². The number of nitrogens with zero attached hydrogens (tertiary/aromatic N) is 4. The predicted octanol–water partition coefficient (Wildman–Crippen LogP) is 2.05. The first-order chi connectivity index (χ1) is 14.5. The van der Waals surface area contributed by atoms with Crippen molar-refractivity contribution >= 4 is 34.9 Å². The highest BCUT2D eigenvalue weighted by atomic mass is 35.5. The lowest BCUT2D eigenvalue weighted by Crippen LogP contribution is -2.55. The number of carbonyl (C=O) groups is 2. The van der Waals surface area contributed by atoms with Crippen LogP contribution in [0.2, 0.25) is 5.02 Å². The second-order valence-electron chi connectivity index (χ2n) is 7.51. The predicted molar refractivity (Wildman–Crippen MR) is 115 cm³/mol. The van der Waals surface area contributed by atoms with E-state index in [1.165, 1.54) is 4.90 Å². The topological polar surface area (TPSA) is 89.0 Å². The van der Waals surface area contributed by atoms with E-state index >= 15 is 0 Å². The first-order valence-electron chi connectivity index (χ1n) is 9.96. The third kappa shape index (κ3) is 4.49. The molecule has 30 heavy (non-hydrogen) atoms. The van der Waals surface area contributed by atoms with Crippen LogP contribution in [0.15, 0.2) is 48.8 Å². The van der Waals surface area contributed by atoms with Gasteiger partial charge in [0.1, 0.15) is 6.04 Å². The first-order valence-corrected chi connectivity index (χ1v) is 10.3. The summed E-state index contributed by atoms with van der Waals surface area (Å²) >= 11 is 5.88. The summed E-state index contributed by atoms with van der Waals surface area (Å²) in [6.07, 6.45) is 3.04. The minimum atomic E-state index is -0.715. The van der Waals surface area contributed by atoms with E-state index in [0.29, 0.717) is 36.9 Å². The summed E-state index contributed by atoms with van der Waals surface area (Å²) in [4.78, 5) is 35.4. The zero-order valence-corrected chi connectivity index (χ0v) is 17.2. The number of pyridine rings is 1. The summed E-state index contributed by atoms with van der Waals surface area (Å²) in [6, 6.07) is 9.59. The molecule has 1 aromatic carbocycles. The highest BCUT2D eigenvalue weighted by Crippen LogP contribution is 2.23. The number of likely N-dealkylation sites (tertiary alicyclic amines) is 1. The number of carbonyl (C=O) groups excluding carboxylic acids is 2. The monoisotopic (exact) mass is 429 g/mol. The Morgan fingerprint density at radius 3 is 2.37 bits per heavy atom. The largest absolute Gasteiger partial charge is 0.391 e. The van der Waals surface area contributed by atoms with Gasteiger partial charge in [0.15, 0.2) is 0 Å². The van der Waals surface area contributed by atoms with Crippen molar-refractivity contribution in [2.24, 2.45) is 0 Å². The van der Waals surface area contributed by atoms with E-state index < -0.39 is 18.2 Å². The second kappa shape index (κ2) is 8.89. The molecular formula is C21H24ClN5O3. The molecule has 2 aromatic rings. The van der Waals surface area contributed by atoms with Gasteiger partial charge >= 0.3 is 6.03 Å². The van der Waals surface area contributed by atoms with Gasteiger partial charge in [-0.05, 0) is 36.4 Å². The highest BCUT2D eigenvalue weighted by molar-refractivity contribution is 6.30. The van der Waals surface area contributed by atoms with E-state index in [0.717, 1.165) is 5.69 Å². The van der Waals surface area contributed by atoms with Crippen LogP contribution in [-0.4, -0.2) is 76.7 Å². The van der Waals surface area contributed by atoms with Crippen LogP contribution in [0, 0.1) is 0 Å². The summed E-state index contributed by atoms with van der Waals surface area (Å²) in [5, 5.41) is 13.5. The molecule has 3 heterocycles. The lowest BCUT2D eigenvalue weighted by Gasteiger charge is -2.38. The zero-order valence-electron chi connectivity index (χ0n) is 16.4. The van der Waals surface area contributed by atoms with Crippen LogP contribution >= 0.6 is 11.6 Å². The molecule has 0 unspecified atom stereocenters. The normalized spacial score (nSPS) is 21.6. The number of β-amino-alcohol motifs (C(OH)–C–C–N with tert-alkyl or cyclic N) is 1. The molecule has 2 atom stereocenters. The number of anilines is 2. The summed E-state index contributed by atoms with van der Waals surface area (Å²) in [6.45, 7) is 2.69. The number of aromatic nitrogens is 1. The molecule has 8 nitrogen and oxygen atoms in total. The molecule has 9 heteroatoms. The fraction of sp³-hybridized carbons (Fsp3) is 0.381. The van der Waals surface area contributed by atoms with Crippen LogP contribution in [0.1, 0.15) is 6.42 Å². The summed E-state index contributed by atoms with van der Waals surface area (Å²) in [5.74, 6) is -0.118. The first kappa shape index (κ1) is 20.4. The molecule has 2 aliphatic heterocycles. The number of hydrogen-bond acceptors (Lipinski definition) is 5. The van der Waals surface area contributed by atoms with Crippen LogP contribution in [0.4, 0.5) is 16.2 Å². The fourth-order valence-electron chi connectivity index (χ4n) is 3.95. The number of amides is 3. The lowest BCUT2D eigenvalue weighted by atomic mass is 10.1. The second-order valence-corrected chi connectivity index (χ2v) is 7.95. The molecule has 158 valence electrons. The molecule has 2 fully saturated rings. The average Bonchev–Trinajstić information content (AvgIpc) is 3.17. The van der Waals surface area contributed by atoms with Gasteiger partial charge in [-0.3, -0.25) is 9.78 Å². The number of aliphatic hydroxyl groups excluding tert-OH is 1. The van der Waals surface area contributed by atoms with Gasteiger partial charge in [0.2, 0.25) is 5.91 Å². The van der Waals surface area contributed by atoms with Crippen LogP contribution in [0.3, 0.4) is 0 Å². The molecule has 0 aliphatic carbocycles. The minimum absolute atomic E-state index is 0.118. The third-order valence-corrected chi connectivity index (χ3v) is 5.79. The van der Waals surface area contributed by atoms with E-state index in [2.05, 4.69) is 15.2 Å². The van der Waals surface area contributed by atoms with Crippen molar-refractivity contribution in [3.63, 3.8) is 0 Å². The van der Waals surface area contributed by atoms with E-state index in [1.807, 2.05) is 12.1 Å². The number of benzene rings is 1. The Hall–Kier alpha value is -2.84. The Balaban J connectivity index is 1.38. The van der Waals surface area contributed by atoms with Gasteiger partial charge in [-0.25, -0.2) is 4.79 Å². The maximum absolute atomic E-state index is 13.1. The Morgan fingerprint density at radius 2 is 1.70 bits per heavy atom. The number of aliphatic hydroxyl groups is 1. The third-order valence-electron chi connectivity index (χ3n) is 5.54. The van der Waals surface area contributed by atoms with Crippen molar-refractivity contribution in [3.8, 4) is 0 Å². The highest BCUT2D eigenvalue weighted by Gasteiger charge is 2.41. The van der Waals surface area contributed by atoms with Crippen LogP contribution in [0.5, 0.6) is 0 Å². The fourth-order valence-corrected chi connectivity index (χ4v) is 4.08. The standard InChI is InChI=1S/C21H24ClN5O3/c22-15-1-3-16(4-2-15)24-21(30)27-14-18(28)13-19(27)20(29)26-11-9-25(10-12-26)17-5-7-23-8-6-17/h1-8,18-19,28H,9-14H2,(H,24,30)/t18-,19-/m1/s1. The molecule has 0 spiro atoms. The number of nitrogens with one attached hydrogen (secondary N) is 1. The quantitative estimate of drug-likeness (QED) is 0.779. The number of urea groups is 1. The Kier molecular flexibility index (Phi) is 6.06. The van der Waals surface area contributed by atoms with Crippen LogP contribution < -0.4 is 10.2 Å². The van der Waals surface area contributed by atoms with Crippen molar-refractivity contribution in [2.75, 3.05) is 42.9 Å². The van der Waals surface area contributed by atoms with E-state index in [4.69, 9.17) is 11.6 Å². The van der Waals surface area contributed by atoms with Gasteiger partial charge in [0, 0.05) is 67.9 Å². The van der Waals surface area contributed by atoms with Crippen LogP contribution in [-0.2, 0) is 4.79 Å². The van der Waals surface area contributed by atoms with Gasteiger partial charge in [-0.15, -0.1) is 0 Å². The number of rotatable bonds is 3. The molecule has 2 N–H and O–H groups in total. The van der Waals surface area contributed by atoms with E-state index in [1.54, 1.807) is 41.6 Å². The molecule has 3 amide bonds. The average molecular weight is 430 g/mol. The van der Waals surface area contributed by atoms with E-state index in [9.17, 15) is 14.7 Å². The Morgan fingerprint density at radius 1 is 1.03 bits per heavy atom. The Labute approximate surface area is 180 Å². The van der Waals surface area contributed by atoms with Crippen LogP contribution in [0.25, 0.3) is 0 Å². The number of hydrogen-bond donors (Lipinski definition) is 2. The maximum atomic E-state index is 13.1. The molecule has 0 saturated carbocycles. The summed E-state index contributed by atoms with van der Waals surface area (Å²) in [5.41, 5.74) is 1.67. The van der Waals surface area contributed by atoms with Crippen molar-refractivity contribution in [1.29, 1.82) is 0 Å². The molecule has 2 aliphatic rings. The molecule has 2 saturated heterocycles.